The molecule has 1 aromatic heterocycles. The Balaban J connectivity index is 1.32. The second-order valence-corrected chi connectivity index (χ2v) is 15.1. The highest BCUT2D eigenvalue weighted by Crippen LogP contribution is 2.71. The molecule has 0 saturated heterocycles. The number of aliphatic hydroxyl groups is 1. The van der Waals surface area contributed by atoms with E-state index in [0.29, 0.717) is 48.7 Å². The van der Waals surface area contributed by atoms with E-state index in [9.17, 15) is 28.7 Å². The maximum atomic E-state index is 18.1. The molecule has 9 nitrogen and oxygen atoms in total. The van der Waals surface area contributed by atoms with Crippen molar-refractivity contribution in [1.82, 2.24) is 15.1 Å². The van der Waals surface area contributed by atoms with Gasteiger partial charge in [-0.15, -0.1) is 0 Å². The molecule has 3 saturated carbocycles. The van der Waals surface area contributed by atoms with Gasteiger partial charge in [0.1, 0.15) is 11.7 Å². The number of rotatable bonds is 9. The molecule has 1 aromatic carbocycles. The molecule has 0 unspecified atom stereocenters. The fourth-order valence-corrected chi connectivity index (χ4v) is 10.2. The van der Waals surface area contributed by atoms with Crippen LogP contribution in [-0.4, -0.2) is 68.1 Å². The number of allylic oxidation sites excluding steroid dienone is 1. The fraction of sp³-hybridized carbons (Fsp3) is 0.583. The highest BCUT2D eigenvalue weighted by atomic mass is 32.2. The van der Waals surface area contributed by atoms with Crippen LogP contribution < -0.4 is 5.32 Å². The molecule has 2 aromatic rings. The van der Waals surface area contributed by atoms with Gasteiger partial charge in [0.05, 0.1) is 23.7 Å². The minimum Gasteiger partial charge on any atom is -0.449 e. The van der Waals surface area contributed by atoms with Gasteiger partial charge >= 0.3 is 5.97 Å². The SMILES string of the molecule is CCC(=O)O[C@]1(C(=O)SCF)CC[C@H]2[C@@H]3CCC4=Cc5c(cnn5-c5cccc(C(=O)CCC(=O)NC)c5)C[C@]4(C)[C@@]3(F)[C@@H](O)C[C@@]21C. The molecular formula is C36H43F2N3O6S. The smallest absolute Gasteiger partial charge is 0.306 e. The van der Waals surface area contributed by atoms with Crippen molar-refractivity contribution in [2.24, 2.45) is 22.7 Å². The normalized spacial score (nSPS) is 33.4. The molecule has 6 rings (SSSR count). The predicted octanol–water partition coefficient (Wildman–Crippen LogP) is 5.71. The third-order valence-electron chi connectivity index (χ3n) is 12.1. The van der Waals surface area contributed by atoms with Crippen LogP contribution in [0.2, 0.25) is 0 Å². The van der Waals surface area contributed by atoms with Crippen molar-refractivity contribution in [2.45, 2.75) is 95.9 Å². The van der Waals surface area contributed by atoms with Gasteiger partial charge in [-0.1, -0.05) is 38.5 Å². The summed E-state index contributed by atoms with van der Waals surface area (Å²) in [5.74, 6) is -1.93. The van der Waals surface area contributed by atoms with Crippen LogP contribution in [0.15, 0.2) is 36.0 Å². The molecule has 258 valence electrons. The summed E-state index contributed by atoms with van der Waals surface area (Å²) < 4.78 is 39.3. The maximum Gasteiger partial charge on any atom is 0.306 e. The molecule has 2 N–H and O–H groups in total. The van der Waals surface area contributed by atoms with E-state index in [-0.39, 0.29) is 49.7 Å². The lowest BCUT2D eigenvalue weighted by Crippen LogP contribution is -2.70. The van der Waals surface area contributed by atoms with Crippen LogP contribution in [0.1, 0.15) is 93.8 Å². The van der Waals surface area contributed by atoms with Gasteiger partial charge < -0.3 is 15.2 Å². The number of aliphatic hydroxyl groups excluding tert-OH is 1. The fourth-order valence-electron chi connectivity index (χ4n) is 9.53. The van der Waals surface area contributed by atoms with Gasteiger partial charge in [0, 0.05) is 48.6 Å². The summed E-state index contributed by atoms with van der Waals surface area (Å²) in [5.41, 5.74) is -2.23. The highest BCUT2D eigenvalue weighted by Gasteiger charge is 2.76. The topological polar surface area (TPSA) is 128 Å². The number of alkyl halides is 2. The predicted molar refractivity (Wildman–Crippen MR) is 177 cm³/mol. The number of esters is 1. The van der Waals surface area contributed by atoms with Crippen molar-refractivity contribution in [3.8, 4) is 5.69 Å². The Labute approximate surface area is 283 Å². The van der Waals surface area contributed by atoms with Gasteiger partial charge in [0.25, 0.3) is 0 Å². The summed E-state index contributed by atoms with van der Waals surface area (Å²) in [6, 6.07) is 6.09. The number of aromatic nitrogens is 2. The van der Waals surface area contributed by atoms with E-state index in [1.165, 1.54) is 7.05 Å². The number of ketones is 1. The van der Waals surface area contributed by atoms with E-state index in [1.54, 1.807) is 42.9 Å². The number of hydrogen-bond donors (Lipinski definition) is 2. The van der Waals surface area contributed by atoms with Crippen molar-refractivity contribution in [2.75, 3.05) is 13.1 Å². The zero-order chi connectivity index (χ0) is 34.6. The molecular weight excluding hydrogens is 640 g/mol. The minimum absolute atomic E-state index is 0.0373. The average molecular weight is 684 g/mol. The van der Waals surface area contributed by atoms with Crippen LogP contribution in [0.4, 0.5) is 8.78 Å². The molecule has 0 spiro atoms. The first kappa shape index (κ1) is 34.5. The first-order valence-electron chi connectivity index (χ1n) is 16.7. The molecule has 7 atom stereocenters. The number of carbonyl (C=O) groups excluding carboxylic acids is 4. The molecule has 4 aliphatic rings. The Bertz CT molecular complexity index is 1690. The Hall–Kier alpha value is -3.38. The number of fused-ring (bicyclic) bond motifs is 6. The van der Waals surface area contributed by atoms with Crippen LogP contribution in [-0.2, 0) is 25.5 Å². The standard InChI is InChI=1S/C36H43F2N3O6S/c1-5-31(45)47-35(32(46)48-20-37)14-13-25-26-10-9-23-16-27-22(17-33(23,2)36(26,38)29(43)18-34(25,35)3)19-40-41(27)24-8-6-7-21(15-24)28(42)11-12-30(44)39-4/h6-8,15-16,19,25-26,29,43H,5,9-14,17-18,20H2,1-4H3,(H,39,44)/t25-,26-,29-,33-,34-,35-,36-/m0/s1. The third-order valence-corrected chi connectivity index (χ3v) is 12.8. The monoisotopic (exact) mass is 683 g/mol. The Morgan fingerprint density at radius 1 is 1.17 bits per heavy atom. The van der Waals surface area contributed by atoms with Crippen LogP contribution in [0, 0.1) is 22.7 Å². The van der Waals surface area contributed by atoms with E-state index >= 15 is 4.39 Å². The lowest BCUT2D eigenvalue weighted by molar-refractivity contribution is -0.228. The second-order valence-electron chi connectivity index (χ2n) is 14.2. The molecule has 1 heterocycles. The lowest BCUT2D eigenvalue weighted by atomic mass is 9.44. The number of halogens is 2. The zero-order valence-electron chi connectivity index (χ0n) is 27.8. The third kappa shape index (κ3) is 4.99. The molecule has 12 heteroatoms. The Morgan fingerprint density at radius 3 is 2.65 bits per heavy atom. The maximum absolute atomic E-state index is 18.1. The van der Waals surface area contributed by atoms with Gasteiger partial charge in [-0.3, -0.25) is 19.2 Å². The van der Waals surface area contributed by atoms with Gasteiger partial charge in [-0.25, -0.2) is 13.5 Å². The van der Waals surface area contributed by atoms with E-state index in [4.69, 9.17) is 4.74 Å². The van der Waals surface area contributed by atoms with Crippen LogP contribution in [0.5, 0.6) is 0 Å². The molecule has 0 aliphatic heterocycles. The first-order valence-corrected chi connectivity index (χ1v) is 17.7. The summed E-state index contributed by atoms with van der Waals surface area (Å²) in [5, 5.41) is 18.5. The molecule has 4 aliphatic carbocycles. The lowest BCUT2D eigenvalue weighted by Gasteiger charge is -2.63. The number of carbonyl (C=O) groups is 4. The first-order chi connectivity index (χ1) is 22.8. The largest absolute Gasteiger partial charge is 0.449 e. The van der Waals surface area contributed by atoms with Crippen molar-refractivity contribution in [3.63, 3.8) is 0 Å². The second kappa shape index (κ2) is 12.5. The van der Waals surface area contributed by atoms with E-state index in [2.05, 4.69) is 10.4 Å². The van der Waals surface area contributed by atoms with Crippen molar-refractivity contribution >= 4 is 40.6 Å². The summed E-state index contributed by atoms with van der Waals surface area (Å²) in [7, 11) is 1.53. The zero-order valence-corrected chi connectivity index (χ0v) is 28.6. The van der Waals surface area contributed by atoms with Crippen molar-refractivity contribution in [1.29, 1.82) is 0 Å². The van der Waals surface area contributed by atoms with Crippen LogP contribution in [0.3, 0.4) is 0 Å². The number of nitrogens with zero attached hydrogens (tertiary/aromatic N) is 2. The van der Waals surface area contributed by atoms with Crippen LogP contribution >= 0.6 is 11.8 Å². The van der Waals surface area contributed by atoms with Crippen molar-refractivity contribution < 1.29 is 37.8 Å². The number of hydrogen-bond acceptors (Lipinski definition) is 8. The molecule has 0 bridgehead atoms. The number of thioether (sulfide) groups is 1. The van der Waals surface area contributed by atoms with E-state index < -0.39 is 51.2 Å². The Morgan fingerprint density at radius 2 is 1.94 bits per heavy atom. The number of amides is 1. The number of benzene rings is 1. The van der Waals surface area contributed by atoms with Gasteiger partial charge in [-0.2, -0.15) is 5.10 Å². The summed E-state index contributed by atoms with van der Waals surface area (Å²) in [4.78, 5) is 50.7. The van der Waals surface area contributed by atoms with Crippen molar-refractivity contribution in [3.05, 3.63) is 52.9 Å². The van der Waals surface area contributed by atoms with Gasteiger partial charge in [0.15, 0.2) is 11.4 Å². The summed E-state index contributed by atoms with van der Waals surface area (Å²) >= 11 is 0.469. The minimum atomic E-state index is -2.04. The molecule has 0 radical (unpaired) electrons. The number of Topliss-reactive ketones (excluding diaryl/α,β-unsaturated/α-hetero) is 1. The van der Waals surface area contributed by atoms with Gasteiger partial charge in [0.2, 0.25) is 11.0 Å². The highest BCUT2D eigenvalue weighted by molar-refractivity contribution is 8.13. The van der Waals surface area contributed by atoms with E-state index in [1.807, 2.05) is 19.1 Å². The Kier molecular flexibility index (Phi) is 8.98. The molecule has 1 amide bonds. The summed E-state index contributed by atoms with van der Waals surface area (Å²) in [6.07, 6.45) is 4.18. The van der Waals surface area contributed by atoms with E-state index in [0.717, 1.165) is 16.8 Å². The molecule has 48 heavy (non-hydrogen) atoms. The molecule has 3 fully saturated rings. The van der Waals surface area contributed by atoms with Gasteiger partial charge in [-0.05, 0) is 80.0 Å². The number of nitrogens with one attached hydrogen (secondary N) is 1. The average Bonchev–Trinajstić information content (AvgIpc) is 3.60. The quantitative estimate of drug-likeness (QED) is 0.255. The summed E-state index contributed by atoms with van der Waals surface area (Å²) in [6.45, 7) is 5.30. The van der Waals surface area contributed by atoms with Crippen LogP contribution in [0.25, 0.3) is 11.8 Å². The number of ether oxygens (including phenoxy) is 1.